The Bertz CT molecular complexity index is 440. The summed E-state index contributed by atoms with van der Waals surface area (Å²) in [5.41, 5.74) is 0. The van der Waals surface area contributed by atoms with Crippen molar-refractivity contribution in [1.82, 2.24) is 0 Å². The molecule has 2 aliphatic heterocycles. The molecule has 0 amide bonds. The normalized spacial score (nSPS) is 49.2. The fourth-order valence-electron chi connectivity index (χ4n) is 5.39. The Kier molecular flexibility index (Phi) is 3.75. The Morgan fingerprint density at radius 3 is 1.21 bits per heavy atom. The SMILES string of the molecule is O[C@@H]1[C@H](O)[C@@H]2OC3(CCCCC3)O[C@@H]2[C@@H]2OC3(CCCCC3)O[C@H]12. The lowest BCUT2D eigenvalue weighted by Gasteiger charge is -2.38. The van der Waals surface area contributed by atoms with Gasteiger partial charge in [-0.15, -0.1) is 0 Å². The van der Waals surface area contributed by atoms with Gasteiger partial charge in [0, 0.05) is 25.7 Å². The average Bonchev–Trinajstić information content (AvgIpc) is 3.14. The molecule has 2 spiro atoms. The van der Waals surface area contributed by atoms with Crippen LogP contribution in [0.5, 0.6) is 0 Å². The molecule has 2 N–H and O–H groups in total. The van der Waals surface area contributed by atoms with E-state index < -0.39 is 36.0 Å². The number of hydrogen-bond acceptors (Lipinski definition) is 6. The molecule has 5 rings (SSSR count). The summed E-state index contributed by atoms with van der Waals surface area (Å²) in [7, 11) is 0. The third-order valence-corrected chi connectivity index (χ3v) is 6.63. The Morgan fingerprint density at radius 1 is 0.500 bits per heavy atom. The summed E-state index contributed by atoms with van der Waals surface area (Å²) in [6.07, 6.45) is 6.38. The summed E-state index contributed by atoms with van der Waals surface area (Å²) in [5.74, 6) is -1.20. The van der Waals surface area contributed by atoms with Crippen LogP contribution in [0, 0.1) is 0 Å². The van der Waals surface area contributed by atoms with E-state index in [2.05, 4.69) is 0 Å². The van der Waals surface area contributed by atoms with Gasteiger partial charge in [-0.2, -0.15) is 0 Å². The summed E-state index contributed by atoms with van der Waals surface area (Å²) < 4.78 is 25.1. The van der Waals surface area contributed by atoms with Gasteiger partial charge in [-0.25, -0.2) is 0 Å². The van der Waals surface area contributed by atoms with Crippen LogP contribution < -0.4 is 0 Å². The molecule has 3 aliphatic carbocycles. The minimum absolute atomic E-state index is 0.354. The van der Waals surface area contributed by atoms with Gasteiger partial charge in [-0.3, -0.25) is 0 Å². The molecular weight excluding hydrogens is 312 g/mol. The van der Waals surface area contributed by atoms with E-state index >= 15 is 0 Å². The van der Waals surface area contributed by atoms with Crippen LogP contribution in [0.3, 0.4) is 0 Å². The Balaban J connectivity index is 1.42. The van der Waals surface area contributed by atoms with Crippen LogP contribution in [0.15, 0.2) is 0 Å². The molecule has 0 radical (unpaired) electrons. The van der Waals surface area contributed by atoms with Crippen LogP contribution in [0.2, 0.25) is 0 Å². The van der Waals surface area contributed by atoms with Crippen molar-refractivity contribution in [3.05, 3.63) is 0 Å². The molecular formula is C18H28O6. The molecule has 0 aromatic carbocycles. The minimum Gasteiger partial charge on any atom is -0.387 e. The number of hydrogen-bond donors (Lipinski definition) is 2. The van der Waals surface area contributed by atoms with Gasteiger partial charge >= 0.3 is 0 Å². The van der Waals surface area contributed by atoms with E-state index in [0.717, 1.165) is 51.4 Å². The highest BCUT2D eigenvalue weighted by Crippen LogP contribution is 2.51. The second-order valence-electron chi connectivity index (χ2n) is 8.25. The third-order valence-electron chi connectivity index (χ3n) is 6.63. The first-order valence-electron chi connectivity index (χ1n) is 9.69. The van der Waals surface area contributed by atoms with Crippen LogP contribution in [0.4, 0.5) is 0 Å². The molecule has 0 aromatic rings. The lowest BCUT2D eigenvalue weighted by molar-refractivity contribution is -0.224. The van der Waals surface area contributed by atoms with Crippen molar-refractivity contribution in [3.63, 3.8) is 0 Å². The van der Waals surface area contributed by atoms with Crippen molar-refractivity contribution >= 4 is 0 Å². The summed E-state index contributed by atoms with van der Waals surface area (Å²) in [4.78, 5) is 0. The Labute approximate surface area is 142 Å². The lowest BCUT2D eigenvalue weighted by Crippen LogP contribution is -2.61. The molecule has 2 saturated heterocycles. The maximum atomic E-state index is 10.6. The van der Waals surface area contributed by atoms with Crippen LogP contribution in [-0.2, 0) is 18.9 Å². The summed E-state index contributed by atoms with van der Waals surface area (Å²) in [6, 6.07) is 0. The van der Waals surface area contributed by atoms with E-state index in [1.165, 1.54) is 12.8 Å². The van der Waals surface area contributed by atoms with Gasteiger partial charge < -0.3 is 29.2 Å². The molecule has 5 fully saturated rings. The molecule has 0 unspecified atom stereocenters. The zero-order valence-corrected chi connectivity index (χ0v) is 14.1. The van der Waals surface area contributed by atoms with Crippen LogP contribution >= 0.6 is 0 Å². The van der Waals surface area contributed by atoms with E-state index in [4.69, 9.17) is 18.9 Å². The third kappa shape index (κ3) is 2.31. The Morgan fingerprint density at radius 2 is 0.833 bits per heavy atom. The van der Waals surface area contributed by atoms with Crippen molar-refractivity contribution in [2.24, 2.45) is 0 Å². The van der Waals surface area contributed by atoms with Crippen molar-refractivity contribution < 1.29 is 29.2 Å². The number of fused-ring (bicyclic) bond motifs is 3. The monoisotopic (exact) mass is 340 g/mol. The van der Waals surface area contributed by atoms with Gasteiger partial charge in [0.15, 0.2) is 11.6 Å². The zero-order chi connectivity index (χ0) is 16.4. The van der Waals surface area contributed by atoms with Crippen molar-refractivity contribution in [3.8, 4) is 0 Å². The molecule has 24 heavy (non-hydrogen) atoms. The molecule has 0 bridgehead atoms. The van der Waals surface area contributed by atoms with Crippen LogP contribution in [0.25, 0.3) is 0 Å². The second-order valence-corrected chi connectivity index (χ2v) is 8.25. The van der Waals surface area contributed by atoms with E-state index in [0.29, 0.717) is 0 Å². The predicted molar refractivity (Wildman–Crippen MR) is 83.1 cm³/mol. The van der Waals surface area contributed by atoms with Crippen LogP contribution in [0.1, 0.15) is 64.2 Å². The highest BCUT2D eigenvalue weighted by Gasteiger charge is 2.65. The largest absolute Gasteiger partial charge is 0.387 e. The van der Waals surface area contributed by atoms with Gasteiger partial charge in [-0.1, -0.05) is 12.8 Å². The first-order chi connectivity index (χ1) is 11.6. The summed E-state index contributed by atoms with van der Waals surface area (Å²) >= 11 is 0. The van der Waals surface area contributed by atoms with Gasteiger partial charge in [0.05, 0.1) is 0 Å². The highest BCUT2D eigenvalue weighted by atomic mass is 16.8. The standard InChI is InChI=1S/C18H28O6/c19-11-12(20)14-16(24-18(22-14)9-5-2-6-10-18)15-13(11)21-17(23-15)7-3-1-4-8-17/h11-16,19-20H,1-10H2/t11-,12+,13-,14+,15-,16+. The number of aliphatic hydroxyl groups is 2. The summed E-state index contributed by atoms with van der Waals surface area (Å²) in [6.45, 7) is 0. The lowest BCUT2D eigenvalue weighted by atomic mass is 9.85. The van der Waals surface area contributed by atoms with Gasteiger partial charge in [-0.05, 0) is 25.7 Å². The molecule has 6 nitrogen and oxygen atoms in total. The second kappa shape index (κ2) is 5.63. The van der Waals surface area contributed by atoms with Crippen molar-refractivity contribution in [2.75, 3.05) is 0 Å². The topological polar surface area (TPSA) is 77.4 Å². The first kappa shape index (κ1) is 16.0. The molecule has 6 atom stereocenters. The quantitative estimate of drug-likeness (QED) is 0.698. The van der Waals surface area contributed by atoms with E-state index in [1.807, 2.05) is 0 Å². The number of ether oxygens (including phenoxy) is 4. The number of aliphatic hydroxyl groups excluding tert-OH is 2. The fourth-order valence-corrected chi connectivity index (χ4v) is 5.39. The van der Waals surface area contributed by atoms with Gasteiger partial charge in [0.2, 0.25) is 0 Å². The maximum absolute atomic E-state index is 10.6. The van der Waals surface area contributed by atoms with Crippen LogP contribution in [-0.4, -0.2) is 58.4 Å². The zero-order valence-electron chi connectivity index (χ0n) is 14.1. The minimum atomic E-state index is -0.986. The van der Waals surface area contributed by atoms with E-state index in [-0.39, 0.29) is 12.2 Å². The maximum Gasteiger partial charge on any atom is 0.169 e. The van der Waals surface area contributed by atoms with Crippen molar-refractivity contribution in [1.29, 1.82) is 0 Å². The molecule has 3 saturated carbocycles. The van der Waals surface area contributed by atoms with Gasteiger partial charge in [0.25, 0.3) is 0 Å². The highest BCUT2D eigenvalue weighted by molar-refractivity contribution is 5.09. The fraction of sp³-hybridized carbons (Fsp3) is 1.00. The molecule has 136 valence electrons. The number of rotatable bonds is 0. The summed E-state index contributed by atoms with van der Waals surface area (Å²) in [5, 5.41) is 21.2. The molecule has 0 aromatic heterocycles. The smallest absolute Gasteiger partial charge is 0.169 e. The molecule has 6 heteroatoms. The molecule has 5 aliphatic rings. The molecule has 2 heterocycles. The van der Waals surface area contributed by atoms with E-state index in [9.17, 15) is 10.2 Å². The Hall–Kier alpha value is -0.240. The van der Waals surface area contributed by atoms with Crippen molar-refractivity contribution in [2.45, 2.75) is 112 Å². The van der Waals surface area contributed by atoms with E-state index in [1.54, 1.807) is 0 Å². The van der Waals surface area contributed by atoms with Gasteiger partial charge in [0.1, 0.15) is 36.6 Å². The first-order valence-corrected chi connectivity index (χ1v) is 9.69. The predicted octanol–water partition coefficient (Wildman–Crippen LogP) is 1.61. The average molecular weight is 340 g/mol.